The zero-order chi connectivity index (χ0) is 23.6. The van der Waals surface area contributed by atoms with Crippen molar-refractivity contribution in [1.29, 1.82) is 0 Å². The highest BCUT2D eigenvalue weighted by atomic mass is 32.2. The molecule has 8 nitrogen and oxygen atoms in total. The second-order valence-electron chi connectivity index (χ2n) is 8.98. The second-order valence-corrected chi connectivity index (χ2v) is 9.97. The van der Waals surface area contributed by atoms with Crippen molar-refractivity contribution in [3.8, 4) is 0 Å². The number of carboxylic acid groups (broad SMARTS) is 1. The van der Waals surface area contributed by atoms with Crippen molar-refractivity contribution in [2.24, 2.45) is 17.8 Å². The van der Waals surface area contributed by atoms with Gasteiger partial charge in [-0.1, -0.05) is 34.1 Å². The van der Waals surface area contributed by atoms with Crippen LogP contribution in [0.3, 0.4) is 0 Å². The van der Waals surface area contributed by atoms with E-state index in [9.17, 15) is 24.3 Å². The summed E-state index contributed by atoms with van der Waals surface area (Å²) in [6.45, 7) is 8.37. The first-order valence-corrected chi connectivity index (χ1v) is 12.6. The molecule has 0 bridgehead atoms. The third-order valence-electron chi connectivity index (χ3n) is 5.51. The molecule has 0 aromatic heterocycles. The van der Waals surface area contributed by atoms with Crippen LogP contribution in [0.15, 0.2) is 0 Å². The average Bonchev–Trinajstić information content (AvgIpc) is 2.71. The highest BCUT2D eigenvalue weighted by Gasteiger charge is 2.38. The topological polar surface area (TPSA) is 116 Å². The lowest BCUT2D eigenvalue weighted by atomic mass is 9.93. The predicted octanol–water partition coefficient (Wildman–Crippen LogP) is 2.47. The van der Waals surface area contributed by atoms with Gasteiger partial charge in [-0.15, -0.1) is 0 Å². The van der Waals surface area contributed by atoms with E-state index in [1.54, 1.807) is 11.8 Å². The molecule has 0 saturated carbocycles. The molecular weight excluding hydrogens is 418 g/mol. The number of aliphatic carboxylic acids is 1. The number of nitrogens with zero attached hydrogens (tertiary/aromatic N) is 1. The number of thioether (sulfide) groups is 1. The van der Waals surface area contributed by atoms with Crippen molar-refractivity contribution < 1.29 is 24.3 Å². The monoisotopic (exact) mass is 457 g/mol. The molecule has 2 amide bonds. The van der Waals surface area contributed by atoms with Gasteiger partial charge in [-0.05, 0) is 43.1 Å². The maximum Gasteiger partial charge on any atom is 0.304 e. The summed E-state index contributed by atoms with van der Waals surface area (Å²) in [6.07, 6.45) is 4.42. The van der Waals surface area contributed by atoms with Crippen LogP contribution >= 0.6 is 11.8 Å². The van der Waals surface area contributed by atoms with Crippen molar-refractivity contribution in [2.45, 2.75) is 78.3 Å². The molecule has 1 fully saturated rings. The summed E-state index contributed by atoms with van der Waals surface area (Å²) < 4.78 is 0. The van der Waals surface area contributed by atoms with Crippen LogP contribution < -0.4 is 10.7 Å². The first kappa shape index (κ1) is 27.4. The number of amides is 2. The maximum atomic E-state index is 13.2. The molecule has 1 heterocycles. The van der Waals surface area contributed by atoms with Crippen LogP contribution in [0.2, 0.25) is 0 Å². The smallest absolute Gasteiger partial charge is 0.304 e. The third-order valence-corrected chi connectivity index (χ3v) is 6.13. The van der Waals surface area contributed by atoms with Gasteiger partial charge in [0.2, 0.25) is 11.8 Å². The molecule has 1 aliphatic rings. The number of carbonyl (C=O) groups excluding carboxylic acids is 3. The predicted molar refractivity (Wildman–Crippen MR) is 122 cm³/mol. The minimum absolute atomic E-state index is 0.0139. The summed E-state index contributed by atoms with van der Waals surface area (Å²) in [7, 11) is 0. The van der Waals surface area contributed by atoms with Gasteiger partial charge in [0.25, 0.3) is 0 Å². The first-order chi connectivity index (χ1) is 14.6. The molecule has 31 heavy (non-hydrogen) atoms. The van der Waals surface area contributed by atoms with E-state index < -0.39 is 24.0 Å². The van der Waals surface area contributed by atoms with Gasteiger partial charge in [-0.3, -0.25) is 24.2 Å². The number of ketones is 1. The Morgan fingerprint density at radius 3 is 2.39 bits per heavy atom. The minimum atomic E-state index is -1.03. The van der Waals surface area contributed by atoms with Gasteiger partial charge in [0.1, 0.15) is 6.04 Å². The summed E-state index contributed by atoms with van der Waals surface area (Å²) in [4.78, 5) is 50.2. The van der Waals surface area contributed by atoms with Gasteiger partial charge in [0, 0.05) is 18.9 Å². The number of hydrogen-bond donors (Lipinski definition) is 3. The third kappa shape index (κ3) is 9.19. The number of carbonyl (C=O) groups is 4. The van der Waals surface area contributed by atoms with E-state index >= 15 is 0 Å². The Labute approximate surface area is 190 Å². The summed E-state index contributed by atoms with van der Waals surface area (Å²) in [5.74, 6) is -1.49. The fraction of sp³-hybridized carbons (Fsp3) is 0.818. The molecule has 0 aromatic rings. The van der Waals surface area contributed by atoms with E-state index in [4.69, 9.17) is 0 Å². The summed E-state index contributed by atoms with van der Waals surface area (Å²) in [5, 5.41) is 13.5. The average molecular weight is 458 g/mol. The van der Waals surface area contributed by atoms with Crippen LogP contribution in [-0.2, 0) is 19.2 Å². The molecule has 9 heteroatoms. The van der Waals surface area contributed by atoms with Crippen molar-refractivity contribution in [3.63, 3.8) is 0 Å². The molecule has 1 saturated heterocycles. The highest BCUT2D eigenvalue weighted by molar-refractivity contribution is 7.98. The Kier molecular flexibility index (Phi) is 12.1. The van der Waals surface area contributed by atoms with Crippen molar-refractivity contribution in [2.75, 3.05) is 18.6 Å². The van der Waals surface area contributed by atoms with Crippen molar-refractivity contribution in [1.82, 2.24) is 15.8 Å². The molecule has 3 atom stereocenters. The van der Waals surface area contributed by atoms with Crippen LogP contribution in [0.5, 0.6) is 0 Å². The van der Waals surface area contributed by atoms with Crippen molar-refractivity contribution in [3.05, 3.63) is 0 Å². The second kappa shape index (κ2) is 13.7. The van der Waals surface area contributed by atoms with Crippen LogP contribution in [0.4, 0.5) is 0 Å². The quantitative estimate of drug-likeness (QED) is 0.389. The van der Waals surface area contributed by atoms with Gasteiger partial charge in [-0.2, -0.15) is 11.8 Å². The number of Topliss-reactive ketones (excluding diaryl/α,β-unsaturated/α-hetero) is 1. The van der Waals surface area contributed by atoms with Crippen LogP contribution in [0, 0.1) is 17.8 Å². The van der Waals surface area contributed by atoms with E-state index in [2.05, 4.69) is 10.7 Å². The summed E-state index contributed by atoms with van der Waals surface area (Å²) in [5.41, 5.74) is 3.00. The van der Waals surface area contributed by atoms with E-state index in [0.29, 0.717) is 43.9 Å². The van der Waals surface area contributed by atoms with E-state index in [-0.39, 0.29) is 29.9 Å². The Balaban J connectivity index is 2.96. The summed E-state index contributed by atoms with van der Waals surface area (Å²) >= 11 is 1.58. The molecule has 178 valence electrons. The van der Waals surface area contributed by atoms with Gasteiger partial charge < -0.3 is 10.4 Å². The lowest BCUT2D eigenvalue weighted by Crippen LogP contribution is -2.61. The Hall–Kier alpha value is -1.61. The van der Waals surface area contributed by atoms with E-state index in [1.807, 2.05) is 34.0 Å². The van der Waals surface area contributed by atoms with Crippen molar-refractivity contribution >= 4 is 35.3 Å². The number of hydrogen-bond acceptors (Lipinski definition) is 6. The number of hydrazine groups is 1. The zero-order valence-electron chi connectivity index (χ0n) is 19.5. The molecule has 1 aliphatic heterocycles. The fourth-order valence-corrected chi connectivity index (χ4v) is 4.10. The van der Waals surface area contributed by atoms with E-state index in [0.717, 1.165) is 6.42 Å². The lowest BCUT2D eigenvalue weighted by Gasteiger charge is -2.38. The van der Waals surface area contributed by atoms with Gasteiger partial charge in [0.15, 0.2) is 5.78 Å². The van der Waals surface area contributed by atoms with Gasteiger partial charge in [0.05, 0.1) is 12.5 Å². The lowest BCUT2D eigenvalue weighted by molar-refractivity contribution is -0.153. The molecule has 1 rings (SSSR count). The number of carboxylic acids is 1. The molecule has 0 spiro atoms. The number of nitrogens with one attached hydrogen (secondary N) is 2. The van der Waals surface area contributed by atoms with E-state index in [1.165, 1.54) is 5.01 Å². The molecule has 0 aliphatic carbocycles. The first-order valence-electron chi connectivity index (χ1n) is 11.2. The van der Waals surface area contributed by atoms with Gasteiger partial charge >= 0.3 is 5.97 Å². The zero-order valence-corrected chi connectivity index (χ0v) is 20.3. The van der Waals surface area contributed by atoms with Crippen LogP contribution in [-0.4, -0.2) is 64.3 Å². The number of rotatable bonds is 13. The van der Waals surface area contributed by atoms with Gasteiger partial charge in [-0.25, -0.2) is 5.43 Å². The molecule has 0 radical (unpaired) electrons. The molecule has 1 unspecified atom stereocenters. The fourth-order valence-electron chi connectivity index (χ4n) is 3.70. The Morgan fingerprint density at radius 1 is 1.16 bits per heavy atom. The molecule has 0 aromatic carbocycles. The standard InChI is InChI=1S/C22H39N3O5S/c1-14(2)8-9-16(13-19(27)28)22(30)25-17(7-6-11-23-25)21(29)24-20(15(3)4)18(26)10-12-31-5/h14-17,20,23H,6-13H2,1-5H3,(H,24,29)(H,27,28)/t16-,17+,20?/m0/s1. The van der Waals surface area contributed by atoms with Crippen LogP contribution in [0.25, 0.3) is 0 Å². The Morgan fingerprint density at radius 2 is 1.84 bits per heavy atom. The maximum absolute atomic E-state index is 13.2. The SMILES string of the molecule is CSCCC(=O)C(NC(=O)[C@H]1CCCNN1C(=O)[C@@H](CCC(C)C)CC(=O)O)C(C)C. The normalized spacial score (nSPS) is 18.7. The minimum Gasteiger partial charge on any atom is -0.481 e. The highest BCUT2D eigenvalue weighted by Crippen LogP contribution is 2.22. The molecular formula is C22H39N3O5S. The van der Waals surface area contributed by atoms with Crippen LogP contribution in [0.1, 0.15) is 66.2 Å². The Bertz CT molecular complexity index is 626. The molecule has 3 N–H and O–H groups in total. The largest absolute Gasteiger partial charge is 0.481 e. The summed E-state index contributed by atoms with van der Waals surface area (Å²) in [6, 6.07) is -1.36.